The van der Waals surface area contributed by atoms with E-state index < -0.39 is 11.5 Å². The van der Waals surface area contributed by atoms with Crippen LogP contribution >= 0.6 is 23.2 Å². The average molecular weight is 384 g/mol. The molecule has 0 spiro atoms. The quantitative estimate of drug-likeness (QED) is 0.464. The molecule has 4 rings (SSSR count). The van der Waals surface area contributed by atoms with Crippen molar-refractivity contribution in [2.24, 2.45) is 0 Å². The summed E-state index contributed by atoms with van der Waals surface area (Å²) >= 11 is 12.0. The van der Waals surface area contributed by atoms with Gasteiger partial charge in [0.25, 0.3) is 5.91 Å². The Labute approximate surface area is 158 Å². The second-order valence-electron chi connectivity index (χ2n) is 5.73. The molecule has 1 heterocycles. The van der Waals surface area contributed by atoms with Crippen LogP contribution in [-0.2, 0) is 0 Å². The fourth-order valence-electron chi connectivity index (χ4n) is 2.84. The van der Waals surface area contributed by atoms with Gasteiger partial charge in [-0.3, -0.25) is 4.79 Å². The first-order chi connectivity index (χ1) is 12.5. The number of halogens is 2. The number of hydrogen-bond acceptors (Lipinski definition) is 3. The minimum absolute atomic E-state index is 0.122. The summed E-state index contributed by atoms with van der Waals surface area (Å²) in [5, 5.41) is 5.70. The first-order valence-corrected chi connectivity index (χ1v) is 8.50. The van der Waals surface area contributed by atoms with E-state index in [2.05, 4.69) is 5.32 Å². The van der Waals surface area contributed by atoms with Crippen molar-refractivity contribution < 1.29 is 9.21 Å². The molecule has 1 N–H and O–H groups in total. The van der Waals surface area contributed by atoms with E-state index in [-0.39, 0.29) is 16.2 Å². The molecular weight excluding hydrogens is 373 g/mol. The van der Waals surface area contributed by atoms with Gasteiger partial charge < -0.3 is 9.73 Å². The van der Waals surface area contributed by atoms with Gasteiger partial charge in [-0.05, 0) is 29.7 Å². The van der Waals surface area contributed by atoms with Gasteiger partial charge in [0.2, 0.25) is 0 Å². The highest BCUT2D eigenvalue weighted by Gasteiger charge is 2.16. The number of nitrogens with one attached hydrogen (secondary N) is 1. The van der Waals surface area contributed by atoms with Crippen molar-refractivity contribution >= 4 is 56.5 Å². The number of carbonyl (C=O) groups excluding carboxylic acids is 1. The number of carbonyl (C=O) groups is 1. The van der Waals surface area contributed by atoms with Crippen LogP contribution in [0.3, 0.4) is 0 Å². The average Bonchev–Trinajstić information content (AvgIpc) is 2.62. The fourth-order valence-corrected chi connectivity index (χ4v) is 3.39. The van der Waals surface area contributed by atoms with Gasteiger partial charge in [-0.15, -0.1) is 0 Å². The van der Waals surface area contributed by atoms with Crippen LogP contribution < -0.4 is 10.9 Å². The lowest BCUT2D eigenvalue weighted by atomic mass is 10.1. The third-order valence-corrected chi connectivity index (χ3v) is 4.53. The van der Waals surface area contributed by atoms with Crippen LogP contribution in [0.2, 0.25) is 10.0 Å². The molecule has 0 aliphatic heterocycles. The molecule has 4 nitrogen and oxygen atoms in total. The fraction of sp³-hybridized carbons (Fsp3) is 0. The van der Waals surface area contributed by atoms with Gasteiger partial charge >= 0.3 is 5.63 Å². The van der Waals surface area contributed by atoms with Crippen molar-refractivity contribution in [3.05, 3.63) is 86.7 Å². The normalized spacial score (nSPS) is 11.0. The van der Waals surface area contributed by atoms with Crippen molar-refractivity contribution in [2.45, 2.75) is 0 Å². The van der Waals surface area contributed by atoms with Crippen LogP contribution in [0.25, 0.3) is 21.7 Å². The molecule has 0 fully saturated rings. The molecule has 0 unspecified atom stereocenters. The number of benzene rings is 3. The molecule has 1 aromatic heterocycles. The van der Waals surface area contributed by atoms with Gasteiger partial charge in [0.15, 0.2) is 5.58 Å². The summed E-state index contributed by atoms with van der Waals surface area (Å²) in [4.78, 5) is 24.9. The van der Waals surface area contributed by atoms with E-state index in [0.29, 0.717) is 16.1 Å². The highest BCUT2D eigenvalue weighted by atomic mass is 35.5. The maximum Gasteiger partial charge on any atom is 0.349 e. The van der Waals surface area contributed by atoms with Crippen LogP contribution in [0.4, 0.5) is 5.69 Å². The highest BCUT2D eigenvalue weighted by Crippen LogP contribution is 2.28. The van der Waals surface area contributed by atoms with Crippen LogP contribution in [0.15, 0.2) is 69.9 Å². The topological polar surface area (TPSA) is 59.3 Å². The third-order valence-electron chi connectivity index (χ3n) is 4.03. The lowest BCUT2D eigenvalue weighted by Gasteiger charge is -2.09. The molecule has 0 radical (unpaired) electrons. The Balaban J connectivity index is 1.79. The number of amides is 1. The van der Waals surface area contributed by atoms with E-state index in [1.807, 2.05) is 36.4 Å². The van der Waals surface area contributed by atoms with E-state index in [9.17, 15) is 9.59 Å². The van der Waals surface area contributed by atoms with Gasteiger partial charge in [-0.1, -0.05) is 59.6 Å². The third kappa shape index (κ3) is 2.94. The molecule has 1 amide bonds. The van der Waals surface area contributed by atoms with Gasteiger partial charge in [-0.2, -0.15) is 0 Å². The zero-order chi connectivity index (χ0) is 18.3. The standard InChI is InChI=1S/C20H11Cl2NO3/c21-13-8-12-9-15(20(25)26-18(12)16(22)10-13)19(24)23-17-7-3-5-11-4-1-2-6-14(11)17/h1-10H,(H,23,24). The predicted octanol–water partition coefficient (Wildman–Crippen LogP) is 5.51. The van der Waals surface area contributed by atoms with Crippen molar-refractivity contribution in [3.63, 3.8) is 0 Å². The number of fused-ring (bicyclic) bond motifs is 2. The first-order valence-electron chi connectivity index (χ1n) is 7.75. The summed E-state index contributed by atoms with van der Waals surface area (Å²) < 4.78 is 5.22. The number of rotatable bonds is 2. The summed E-state index contributed by atoms with van der Waals surface area (Å²) in [6, 6.07) is 17.7. The summed E-state index contributed by atoms with van der Waals surface area (Å²) in [6.45, 7) is 0. The number of hydrogen-bond donors (Lipinski definition) is 1. The molecule has 128 valence electrons. The monoisotopic (exact) mass is 383 g/mol. The summed E-state index contributed by atoms with van der Waals surface area (Å²) in [6.07, 6.45) is 0. The Kier molecular flexibility index (Phi) is 4.15. The van der Waals surface area contributed by atoms with Crippen LogP contribution in [0, 0.1) is 0 Å². The van der Waals surface area contributed by atoms with Crippen LogP contribution in [-0.4, -0.2) is 5.91 Å². The van der Waals surface area contributed by atoms with Crippen molar-refractivity contribution in [1.29, 1.82) is 0 Å². The summed E-state index contributed by atoms with van der Waals surface area (Å²) in [5.74, 6) is -0.562. The van der Waals surface area contributed by atoms with E-state index in [1.54, 1.807) is 12.1 Å². The molecule has 0 bridgehead atoms. The molecule has 0 saturated heterocycles. The Morgan fingerprint density at radius 3 is 2.54 bits per heavy atom. The maximum absolute atomic E-state index is 12.7. The van der Waals surface area contributed by atoms with Gasteiger partial charge in [0.05, 0.1) is 5.02 Å². The van der Waals surface area contributed by atoms with Crippen molar-refractivity contribution in [1.82, 2.24) is 0 Å². The van der Waals surface area contributed by atoms with Crippen molar-refractivity contribution in [3.8, 4) is 0 Å². The predicted molar refractivity (Wildman–Crippen MR) is 104 cm³/mol. The molecule has 3 aromatic carbocycles. The zero-order valence-corrected chi connectivity index (χ0v) is 14.8. The molecule has 0 atom stereocenters. The Morgan fingerprint density at radius 2 is 1.69 bits per heavy atom. The smallest absolute Gasteiger partial charge is 0.349 e. The zero-order valence-electron chi connectivity index (χ0n) is 13.3. The Morgan fingerprint density at radius 1 is 0.923 bits per heavy atom. The second-order valence-corrected chi connectivity index (χ2v) is 6.58. The van der Waals surface area contributed by atoms with E-state index >= 15 is 0 Å². The molecule has 6 heteroatoms. The highest BCUT2D eigenvalue weighted by molar-refractivity contribution is 6.38. The largest absolute Gasteiger partial charge is 0.421 e. The molecule has 4 aromatic rings. The molecule has 0 aliphatic rings. The van der Waals surface area contributed by atoms with Gasteiger partial charge in [-0.25, -0.2) is 4.79 Å². The number of anilines is 1. The van der Waals surface area contributed by atoms with Crippen LogP contribution in [0.1, 0.15) is 10.4 Å². The first kappa shape index (κ1) is 16.6. The molecule has 0 aliphatic carbocycles. The second kappa shape index (κ2) is 6.48. The van der Waals surface area contributed by atoms with Crippen molar-refractivity contribution in [2.75, 3.05) is 5.32 Å². The lowest BCUT2D eigenvalue weighted by Crippen LogP contribution is -2.20. The Hall–Kier alpha value is -2.82. The van der Waals surface area contributed by atoms with E-state index in [0.717, 1.165) is 10.8 Å². The minimum atomic E-state index is -0.764. The van der Waals surface area contributed by atoms with E-state index in [4.69, 9.17) is 27.6 Å². The Bertz CT molecular complexity index is 1230. The minimum Gasteiger partial charge on any atom is -0.421 e. The van der Waals surface area contributed by atoms with Crippen LogP contribution in [0.5, 0.6) is 0 Å². The SMILES string of the molecule is O=C(Nc1cccc2ccccc12)c1cc2cc(Cl)cc(Cl)c2oc1=O. The molecule has 0 saturated carbocycles. The summed E-state index contributed by atoms with van der Waals surface area (Å²) in [7, 11) is 0. The van der Waals surface area contributed by atoms with Gasteiger partial charge in [0.1, 0.15) is 5.56 Å². The molecule has 26 heavy (non-hydrogen) atoms. The lowest BCUT2D eigenvalue weighted by molar-refractivity contribution is 0.102. The van der Waals surface area contributed by atoms with E-state index in [1.165, 1.54) is 12.1 Å². The summed E-state index contributed by atoms with van der Waals surface area (Å²) in [5.41, 5.74) is -0.0808. The maximum atomic E-state index is 12.7. The molecular formula is C20H11Cl2NO3. The van der Waals surface area contributed by atoms with Gasteiger partial charge in [0, 0.05) is 21.5 Å².